The van der Waals surface area contributed by atoms with E-state index in [4.69, 9.17) is 53.1 Å². The Morgan fingerprint density at radius 1 is 0.476 bits per heavy atom. The summed E-state index contributed by atoms with van der Waals surface area (Å²) < 4.78 is 58.6. The molecule has 5 heterocycles. The third-order valence-electron chi connectivity index (χ3n) is 12.1. The number of amides is 2. The van der Waals surface area contributed by atoms with Crippen molar-refractivity contribution in [2.45, 2.75) is 169 Å². The minimum Gasteiger partial charge on any atom is -0.394 e. The molecule has 0 aromatic carbocycles. The van der Waals surface area contributed by atoms with Crippen molar-refractivity contribution < 1.29 is 113 Å². The number of ether oxygens (including phenoxy) is 10. The summed E-state index contributed by atoms with van der Waals surface area (Å²) in [5, 5.41) is 123. The van der Waals surface area contributed by atoms with Crippen LogP contribution in [0, 0.1) is 11.8 Å². The highest BCUT2D eigenvalue weighted by Gasteiger charge is 2.56. The fourth-order valence-corrected chi connectivity index (χ4v) is 8.46. The Kier molecular flexibility index (Phi) is 18.8. The van der Waals surface area contributed by atoms with Crippen molar-refractivity contribution in [1.82, 2.24) is 10.6 Å². The smallest absolute Gasteiger partial charge is 0.217 e. The Morgan fingerprint density at radius 2 is 0.794 bits per heavy atom. The molecule has 26 heteroatoms. The van der Waals surface area contributed by atoms with E-state index in [1.165, 1.54) is 27.9 Å². The highest BCUT2D eigenvalue weighted by Crippen LogP contribution is 2.38. The minimum absolute atomic E-state index is 0.524. The molecule has 0 aliphatic carbocycles. The topological polar surface area (TPSA) is 399 Å². The van der Waals surface area contributed by atoms with E-state index in [2.05, 4.69) is 10.6 Å². The van der Waals surface area contributed by atoms with Crippen molar-refractivity contribution in [2.75, 3.05) is 40.1 Å². The van der Waals surface area contributed by atoms with E-state index >= 15 is 0 Å². The molecule has 2 amide bonds. The lowest BCUT2D eigenvalue weighted by Crippen LogP contribution is -2.69. The van der Waals surface area contributed by atoms with Crippen molar-refractivity contribution >= 4 is 11.8 Å². The first-order valence-corrected chi connectivity index (χ1v) is 20.7. The zero-order chi connectivity index (χ0) is 46.6. The van der Waals surface area contributed by atoms with Gasteiger partial charge in [-0.3, -0.25) is 9.59 Å². The van der Waals surface area contributed by atoms with E-state index in [0.29, 0.717) is 0 Å². The van der Waals surface area contributed by atoms with Crippen LogP contribution in [-0.4, -0.2) is 249 Å². The van der Waals surface area contributed by atoms with Crippen LogP contribution in [0.25, 0.3) is 0 Å². The number of aliphatic hydroxyl groups is 11. The molecule has 15 N–H and O–H groups in total. The van der Waals surface area contributed by atoms with E-state index in [1.54, 1.807) is 0 Å². The van der Waals surface area contributed by atoms with Gasteiger partial charge in [0.05, 0.1) is 51.3 Å². The predicted molar refractivity (Wildman–Crippen MR) is 203 cm³/mol. The molecule has 5 rings (SSSR count). The average Bonchev–Trinajstić information content (AvgIpc) is 3.25. The van der Waals surface area contributed by atoms with Gasteiger partial charge >= 0.3 is 0 Å². The van der Waals surface area contributed by atoms with Gasteiger partial charge in [-0.25, -0.2) is 0 Å². The zero-order valence-corrected chi connectivity index (χ0v) is 35.4. The number of nitrogens with one attached hydrogen (secondary N) is 2. The maximum Gasteiger partial charge on any atom is 0.217 e. The summed E-state index contributed by atoms with van der Waals surface area (Å²) in [4.78, 5) is 24.4. The monoisotopic (exact) mass is 919 g/mol. The van der Waals surface area contributed by atoms with Crippen LogP contribution in [0.3, 0.4) is 0 Å². The maximum absolute atomic E-state index is 12.5. The molecule has 5 aliphatic rings. The second-order valence-corrected chi connectivity index (χ2v) is 16.5. The highest BCUT2D eigenvalue weighted by molar-refractivity contribution is 5.73. The van der Waals surface area contributed by atoms with Gasteiger partial charge in [-0.2, -0.15) is 0 Å². The van der Waals surface area contributed by atoms with Crippen molar-refractivity contribution in [2.24, 2.45) is 17.6 Å². The molecular formula is C37H65N3O23. The normalized spacial score (nSPS) is 48.4. The summed E-state index contributed by atoms with van der Waals surface area (Å²) >= 11 is 0. The Morgan fingerprint density at radius 3 is 1.17 bits per heavy atom. The molecule has 0 aromatic heterocycles. The van der Waals surface area contributed by atoms with Crippen LogP contribution in [0.1, 0.15) is 27.7 Å². The fourth-order valence-electron chi connectivity index (χ4n) is 8.46. The number of hydrogen-bond acceptors (Lipinski definition) is 24. The van der Waals surface area contributed by atoms with Gasteiger partial charge < -0.3 is 120 Å². The number of carbonyl (C=O) groups is 2. The van der Waals surface area contributed by atoms with Crippen LogP contribution in [0.2, 0.25) is 0 Å². The molecule has 366 valence electrons. The first-order chi connectivity index (χ1) is 29.8. The van der Waals surface area contributed by atoms with Crippen molar-refractivity contribution in [1.29, 1.82) is 0 Å². The highest BCUT2D eigenvalue weighted by atomic mass is 16.8. The number of aliphatic hydroxyl groups excluding tert-OH is 11. The summed E-state index contributed by atoms with van der Waals surface area (Å²) in [5.41, 5.74) is 6.01. The lowest BCUT2D eigenvalue weighted by molar-refractivity contribution is -0.374. The van der Waals surface area contributed by atoms with Crippen LogP contribution in [0.4, 0.5) is 0 Å². The minimum atomic E-state index is -1.77. The van der Waals surface area contributed by atoms with Gasteiger partial charge in [0.2, 0.25) is 11.8 Å². The number of hydrogen-bond donors (Lipinski definition) is 14. The number of methoxy groups -OCH3 is 1. The molecule has 5 fully saturated rings. The van der Waals surface area contributed by atoms with Crippen molar-refractivity contribution in [3.8, 4) is 0 Å². The lowest BCUT2D eigenvalue weighted by atomic mass is 9.90. The number of carbonyl (C=O) groups excluding carboxylic acids is 2. The first-order valence-electron chi connectivity index (χ1n) is 20.7. The number of nitrogens with two attached hydrogens (primary N) is 1. The van der Waals surface area contributed by atoms with E-state index in [0.717, 1.165) is 6.92 Å². The predicted octanol–water partition coefficient (Wildman–Crippen LogP) is -8.47. The summed E-state index contributed by atoms with van der Waals surface area (Å²) in [6, 6.07) is -3.98. The summed E-state index contributed by atoms with van der Waals surface area (Å²) in [6.45, 7) is 1.54. The largest absolute Gasteiger partial charge is 0.394 e. The van der Waals surface area contributed by atoms with Gasteiger partial charge in [0.25, 0.3) is 0 Å². The average molecular weight is 920 g/mol. The third kappa shape index (κ3) is 11.3. The fraction of sp³-hybridized carbons (Fsp3) is 0.946. The summed E-state index contributed by atoms with van der Waals surface area (Å²) in [5.74, 6) is -3.24. The number of rotatable bonds is 16. The van der Waals surface area contributed by atoms with Gasteiger partial charge in [-0.1, -0.05) is 13.8 Å². The SMILES string of the molecule is CO[C@H]1OC(CO)[C@@H](OC2OC(CO)C(O[C@H]3OC(CO)[C@@H](OC4OC(CO)C(O[C@H]5OC(CO)C(O)C(O)C5N)[C@H](O)[C@H]4C)C(O)[C@@H]3NC(C)=O)[C@H](O)[C@H]2C)C(O)[C@@H]1NC(C)=O. The van der Waals surface area contributed by atoms with E-state index in [-0.39, 0.29) is 0 Å². The molecule has 0 aromatic rings. The Labute approximate surface area is 361 Å². The Hall–Kier alpha value is -1.94. The van der Waals surface area contributed by atoms with Crippen LogP contribution in [0.5, 0.6) is 0 Å². The van der Waals surface area contributed by atoms with E-state index < -0.39 is 198 Å². The molecule has 0 saturated carbocycles. The zero-order valence-electron chi connectivity index (χ0n) is 35.4. The maximum atomic E-state index is 12.5. The van der Waals surface area contributed by atoms with Gasteiger partial charge in [0.1, 0.15) is 91.4 Å². The Balaban J connectivity index is 1.29. The summed E-state index contributed by atoms with van der Waals surface area (Å²) in [7, 11) is 1.27. The molecule has 25 atom stereocenters. The van der Waals surface area contributed by atoms with Gasteiger partial charge in [0.15, 0.2) is 31.5 Å². The first kappa shape index (κ1) is 52.0. The van der Waals surface area contributed by atoms with E-state index in [9.17, 15) is 65.8 Å². The van der Waals surface area contributed by atoms with Gasteiger partial charge in [0, 0.05) is 32.8 Å². The molecule has 63 heavy (non-hydrogen) atoms. The third-order valence-corrected chi connectivity index (χ3v) is 12.1. The molecular weight excluding hydrogens is 854 g/mol. The second-order valence-electron chi connectivity index (χ2n) is 16.5. The van der Waals surface area contributed by atoms with Gasteiger partial charge in [-0.15, -0.1) is 0 Å². The molecule has 14 unspecified atom stereocenters. The molecule has 0 spiro atoms. The quantitative estimate of drug-likeness (QED) is 0.0683. The molecule has 26 nitrogen and oxygen atoms in total. The lowest BCUT2D eigenvalue weighted by Gasteiger charge is -2.51. The molecule has 5 aliphatic heterocycles. The molecule has 0 bridgehead atoms. The summed E-state index contributed by atoms with van der Waals surface area (Å²) in [6.07, 6.45) is -29.0. The van der Waals surface area contributed by atoms with Crippen LogP contribution in [-0.2, 0) is 57.0 Å². The standard InChI is InChI=1S/C37H65N3O23/c1-11-23(48)29(62-35-20(38)26(51)25(50)15(6-41)55-35)16(7-42)56-33(11)61-32-19(10-45)59-37(22(28(32)53)40-14(4)47)63-30-17(8-43)57-34(12(2)24(30)49)60-31-18(9-44)58-36(54-5)21(27(31)52)39-13(3)46/h11-12,15-37,41-45,48-53H,6-10,38H2,1-5H3,(H,39,46)(H,40,47)/t11-,12-,15?,16?,17?,18?,19?,20?,21+,22+,23-,24-,25?,26?,27?,28?,29?,30?,31-,32-,33?,34?,35-,36+,37-/m1/s1. The second kappa shape index (κ2) is 22.7. The van der Waals surface area contributed by atoms with Gasteiger partial charge in [-0.05, 0) is 0 Å². The van der Waals surface area contributed by atoms with Crippen LogP contribution >= 0.6 is 0 Å². The molecule has 5 saturated heterocycles. The van der Waals surface area contributed by atoms with Crippen molar-refractivity contribution in [3.63, 3.8) is 0 Å². The van der Waals surface area contributed by atoms with Crippen molar-refractivity contribution in [3.05, 3.63) is 0 Å². The Bertz CT molecular complexity index is 1450. The van der Waals surface area contributed by atoms with Crippen LogP contribution in [0.15, 0.2) is 0 Å². The van der Waals surface area contributed by atoms with E-state index in [1.807, 2.05) is 0 Å². The molecule has 0 radical (unpaired) electrons. The van der Waals surface area contributed by atoms with Crippen LogP contribution < -0.4 is 16.4 Å².